The zero-order chi connectivity index (χ0) is 25.3. The fourth-order valence-electron chi connectivity index (χ4n) is 5.05. The first kappa shape index (κ1) is 25.9. The summed E-state index contributed by atoms with van der Waals surface area (Å²) in [7, 11) is 0. The molecule has 2 N–H and O–H groups in total. The summed E-state index contributed by atoms with van der Waals surface area (Å²) >= 11 is 0. The van der Waals surface area contributed by atoms with Gasteiger partial charge >= 0.3 is 0 Å². The van der Waals surface area contributed by atoms with Gasteiger partial charge in [0.15, 0.2) is 5.76 Å². The van der Waals surface area contributed by atoms with Crippen LogP contribution >= 0.6 is 0 Å². The minimum Gasteiger partial charge on any atom is -0.459 e. The van der Waals surface area contributed by atoms with Gasteiger partial charge in [-0.3, -0.25) is 14.4 Å². The highest BCUT2D eigenvalue weighted by molar-refractivity contribution is 5.95. The van der Waals surface area contributed by atoms with Crippen LogP contribution in [-0.2, 0) is 20.7 Å². The number of nitrogens with one attached hydrogen (secondary N) is 2. The molecule has 0 unspecified atom stereocenters. The molecule has 36 heavy (non-hydrogen) atoms. The first-order chi connectivity index (χ1) is 17.5. The zero-order valence-corrected chi connectivity index (χ0v) is 21.0. The van der Waals surface area contributed by atoms with Crippen molar-refractivity contribution in [2.75, 3.05) is 19.7 Å². The summed E-state index contributed by atoms with van der Waals surface area (Å²) in [5, 5.41) is 5.86. The summed E-state index contributed by atoms with van der Waals surface area (Å²) in [6.07, 6.45) is 9.18. The maximum absolute atomic E-state index is 13.8. The van der Waals surface area contributed by atoms with E-state index in [4.69, 9.17) is 9.15 Å². The second-order valence-corrected chi connectivity index (χ2v) is 9.68. The van der Waals surface area contributed by atoms with Crippen LogP contribution in [0, 0.1) is 0 Å². The third-order valence-electron chi connectivity index (χ3n) is 7.11. The molecule has 8 heteroatoms. The number of benzene rings is 1. The van der Waals surface area contributed by atoms with Crippen LogP contribution in [0.5, 0.6) is 0 Å². The molecule has 0 bridgehead atoms. The van der Waals surface area contributed by atoms with Crippen LogP contribution in [0.2, 0.25) is 0 Å². The SMILES string of the molecule is CCc1ccc([C@H](C(=O)NC2CCCCC2)N(C[C@H]2CCCO2)C(=O)CNC(=O)c2ccco2)cc1. The van der Waals surface area contributed by atoms with Gasteiger partial charge in [-0.2, -0.15) is 0 Å². The Morgan fingerprint density at radius 3 is 2.44 bits per heavy atom. The highest BCUT2D eigenvalue weighted by Crippen LogP contribution is 2.27. The Morgan fingerprint density at radius 1 is 1.03 bits per heavy atom. The van der Waals surface area contributed by atoms with Crippen molar-refractivity contribution in [3.63, 3.8) is 0 Å². The average Bonchev–Trinajstić information content (AvgIpc) is 3.62. The molecule has 1 aromatic carbocycles. The predicted molar refractivity (Wildman–Crippen MR) is 135 cm³/mol. The number of aryl methyl sites for hydroxylation is 1. The molecule has 1 saturated carbocycles. The number of carbonyl (C=O) groups is 3. The van der Waals surface area contributed by atoms with Gasteiger partial charge in [0.2, 0.25) is 11.8 Å². The summed E-state index contributed by atoms with van der Waals surface area (Å²) in [5.74, 6) is -0.861. The molecular formula is C28H37N3O5. The Morgan fingerprint density at radius 2 is 1.81 bits per heavy atom. The largest absolute Gasteiger partial charge is 0.459 e. The van der Waals surface area contributed by atoms with Gasteiger partial charge < -0.3 is 24.7 Å². The minimum atomic E-state index is -0.810. The molecule has 4 rings (SSSR count). The zero-order valence-electron chi connectivity index (χ0n) is 21.0. The van der Waals surface area contributed by atoms with Crippen molar-refractivity contribution < 1.29 is 23.5 Å². The molecular weight excluding hydrogens is 458 g/mol. The van der Waals surface area contributed by atoms with Crippen LogP contribution < -0.4 is 10.6 Å². The maximum atomic E-state index is 13.8. The van der Waals surface area contributed by atoms with Crippen molar-refractivity contribution >= 4 is 17.7 Å². The molecule has 2 atom stereocenters. The van der Waals surface area contributed by atoms with Crippen LogP contribution in [0.3, 0.4) is 0 Å². The Balaban J connectivity index is 1.58. The lowest BCUT2D eigenvalue weighted by atomic mass is 9.94. The summed E-state index contributed by atoms with van der Waals surface area (Å²) in [6.45, 7) is 2.77. The van der Waals surface area contributed by atoms with Gasteiger partial charge in [0, 0.05) is 19.2 Å². The number of amides is 3. The minimum absolute atomic E-state index is 0.113. The molecule has 0 radical (unpaired) electrons. The van der Waals surface area contributed by atoms with Crippen molar-refractivity contribution in [2.45, 2.75) is 76.5 Å². The van der Waals surface area contributed by atoms with E-state index in [1.807, 2.05) is 24.3 Å². The smallest absolute Gasteiger partial charge is 0.287 e. The first-order valence-corrected chi connectivity index (χ1v) is 13.2. The van der Waals surface area contributed by atoms with Crippen LogP contribution in [0.4, 0.5) is 0 Å². The lowest BCUT2D eigenvalue weighted by Crippen LogP contribution is -2.51. The topological polar surface area (TPSA) is 101 Å². The van der Waals surface area contributed by atoms with Gasteiger partial charge in [-0.25, -0.2) is 0 Å². The summed E-state index contributed by atoms with van der Waals surface area (Å²) in [5.41, 5.74) is 1.91. The van der Waals surface area contributed by atoms with E-state index in [-0.39, 0.29) is 42.8 Å². The molecule has 1 aromatic heterocycles. The summed E-state index contributed by atoms with van der Waals surface area (Å²) in [4.78, 5) is 41.3. The number of rotatable bonds is 10. The highest BCUT2D eigenvalue weighted by Gasteiger charge is 2.35. The standard InChI is InChI=1S/C28H37N3O5/c1-2-20-12-14-21(15-13-20)26(28(34)30-22-8-4-3-5-9-22)31(19-23-10-6-16-35-23)25(32)18-29-27(33)24-11-7-17-36-24/h7,11-15,17,22-23,26H,2-6,8-10,16,18-19H2,1H3,(H,29,33)(H,30,34)/t23-,26-/m1/s1. The van der Waals surface area contributed by atoms with Gasteiger partial charge in [-0.1, -0.05) is 50.5 Å². The molecule has 2 heterocycles. The maximum Gasteiger partial charge on any atom is 0.287 e. The van der Waals surface area contributed by atoms with Crippen molar-refractivity contribution in [3.8, 4) is 0 Å². The average molecular weight is 496 g/mol. The summed E-state index contributed by atoms with van der Waals surface area (Å²) in [6, 6.07) is 10.3. The van der Waals surface area contributed by atoms with E-state index in [0.717, 1.165) is 56.1 Å². The Labute approximate surface area is 212 Å². The number of nitrogens with zero attached hydrogens (tertiary/aromatic N) is 1. The van der Waals surface area contributed by atoms with Crippen LogP contribution in [0.15, 0.2) is 47.1 Å². The summed E-state index contributed by atoms with van der Waals surface area (Å²) < 4.78 is 11.0. The second-order valence-electron chi connectivity index (χ2n) is 9.68. The van der Waals surface area contributed by atoms with E-state index in [0.29, 0.717) is 6.61 Å². The predicted octanol–water partition coefficient (Wildman–Crippen LogP) is 3.77. The third-order valence-corrected chi connectivity index (χ3v) is 7.11. The number of hydrogen-bond acceptors (Lipinski definition) is 5. The molecule has 1 aliphatic carbocycles. The van der Waals surface area contributed by atoms with Gasteiger partial charge in [0.25, 0.3) is 5.91 Å². The van der Waals surface area contributed by atoms with E-state index in [1.165, 1.54) is 12.7 Å². The molecule has 0 spiro atoms. The van der Waals surface area contributed by atoms with Crippen LogP contribution in [-0.4, -0.2) is 54.5 Å². The van der Waals surface area contributed by atoms with E-state index in [9.17, 15) is 14.4 Å². The molecule has 1 aliphatic heterocycles. The van der Waals surface area contributed by atoms with Crippen molar-refractivity contribution in [1.82, 2.24) is 15.5 Å². The lowest BCUT2D eigenvalue weighted by molar-refractivity contribution is -0.142. The van der Waals surface area contributed by atoms with Crippen molar-refractivity contribution in [3.05, 3.63) is 59.5 Å². The molecule has 3 amide bonds. The van der Waals surface area contributed by atoms with Gasteiger partial charge in [0.05, 0.1) is 18.9 Å². The first-order valence-electron chi connectivity index (χ1n) is 13.2. The normalized spacial score (nSPS) is 19.0. The quantitative estimate of drug-likeness (QED) is 0.523. The fourth-order valence-corrected chi connectivity index (χ4v) is 5.05. The number of ether oxygens (including phenoxy) is 1. The Kier molecular flexibility index (Phi) is 9.17. The monoisotopic (exact) mass is 495 g/mol. The Hall–Kier alpha value is -3.13. The number of carbonyl (C=O) groups excluding carboxylic acids is 3. The van der Waals surface area contributed by atoms with E-state index >= 15 is 0 Å². The second kappa shape index (κ2) is 12.7. The molecule has 8 nitrogen and oxygen atoms in total. The van der Waals surface area contributed by atoms with Gasteiger partial charge in [-0.05, 0) is 55.4 Å². The molecule has 194 valence electrons. The Bertz CT molecular complexity index is 993. The fraction of sp³-hybridized carbons (Fsp3) is 0.536. The molecule has 1 saturated heterocycles. The van der Waals surface area contributed by atoms with Crippen molar-refractivity contribution in [1.29, 1.82) is 0 Å². The van der Waals surface area contributed by atoms with E-state index in [2.05, 4.69) is 17.6 Å². The molecule has 2 fully saturated rings. The van der Waals surface area contributed by atoms with Crippen LogP contribution in [0.25, 0.3) is 0 Å². The van der Waals surface area contributed by atoms with Crippen molar-refractivity contribution in [2.24, 2.45) is 0 Å². The molecule has 2 aliphatic rings. The van der Waals surface area contributed by atoms with E-state index in [1.54, 1.807) is 17.0 Å². The van der Waals surface area contributed by atoms with Crippen LogP contribution in [0.1, 0.15) is 79.6 Å². The lowest BCUT2D eigenvalue weighted by Gasteiger charge is -2.34. The van der Waals surface area contributed by atoms with Gasteiger partial charge in [-0.15, -0.1) is 0 Å². The van der Waals surface area contributed by atoms with Gasteiger partial charge in [0.1, 0.15) is 6.04 Å². The number of hydrogen-bond donors (Lipinski definition) is 2. The molecule has 2 aromatic rings. The third kappa shape index (κ3) is 6.75. The number of furan rings is 1. The van der Waals surface area contributed by atoms with E-state index < -0.39 is 11.9 Å². The highest BCUT2D eigenvalue weighted by atomic mass is 16.5.